The fraction of sp³-hybridized carbons (Fsp3) is 0.185. The van der Waals surface area contributed by atoms with E-state index in [1.165, 1.54) is 116 Å². The molecular weight excluding hydrogens is 717 g/mol. The second kappa shape index (κ2) is 11.0. The summed E-state index contributed by atoms with van der Waals surface area (Å²) in [5.41, 5.74) is 17.4. The van der Waals surface area contributed by atoms with Crippen LogP contribution in [0.1, 0.15) is 44.1 Å². The Hall–Kier alpha value is -6.46. The van der Waals surface area contributed by atoms with Gasteiger partial charge in [-0.3, -0.25) is 0 Å². The van der Waals surface area contributed by atoms with Gasteiger partial charge in [0.15, 0.2) is 0 Å². The molecule has 7 aromatic carbocycles. The highest BCUT2D eigenvalue weighted by molar-refractivity contribution is 7.00. The van der Waals surface area contributed by atoms with Crippen molar-refractivity contribution in [1.82, 2.24) is 4.40 Å². The van der Waals surface area contributed by atoms with Gasteiger partial charge >= 0.3 is 0 Å². The van der Waals surface area contributed by atoms with Crippen LogP contribution in [0.2, 0.25) is 0 Å². The number of aromatic nitrogens is 1. The molecule has 4 aliphatic carbocycles. The Morgan fingerprint density at radius 1 is 0.508 bits per heavy atom. The van der Waals surface area contributed by atoms with E-state index in [-0.39, 0.29) is 6.71 Å². The third-order valence-corrected chi connectivity index (χ3v) is 15.6. The summed E-state index contributed by atoms with van der Waals surface area (Å²) in [4.78, 5) is 5.08. The molecule has 5 heteroatoms. The molecular formula is C54H40BN3O. The summed E-state index contributed by atoms with van der Waals surface area (Å²) >= 11 is 0. The van der Waals surface area contributed by atoms with Crippen molar-refractivity contribution in [2.24, 2.45) is 17.8 Å². The summed E-state index contributed by atoms with van der Waals surface area (Å²) in [6, 6.07) is 57.0. The second-order valence-electron chi connectivity index (χ2n) is 18.7. The lowest BCUT2D eigenvalue weighted by Crippen LogP contribution is -2.61. The summed E-state index contributed by atoms with van der Waals surface area (Å²) in [7, 11) is 0. The van der Waals surface area contributed by atoms with Crippen molar-refractivity contribution in [3.05, 3.63) is 157 Å². The number of para-hydroxylation sites is 4. The molecule has 280 valence electrons. The molecule has 4 fully saturated rings. The number of hydrogen-bond donors (Lipinski definition) is 0. The minimum Gasteiger partial charge on any atom is -0.468 e. The lowest BCUT2D eigenvalue weighted by Gasteiger charge is -2.57. The van der Waals surface area contributed by atoms with Crippen LogP contribution in [0.3, 0.4) is 0 Å². The molecule has 0 amide bonds. The first kappa shape index (κ1) is 31.5. The van der Waals surface area contributed by atoms with Crippen LogP contribution in [0.25, 0.3) is 49.1 Å². The number of rotatable bonds is 3. The van der Waals surface area contributed by atoms with Crippen molar-refractivity contribution >= 4 is 106 Å². The van der Waals surface area contributed by atoms with Crippen LogP contribution < -0.4 is 26.4 Å². The Kier molecular flexibility index (Phi) is 5.86. The average molecular weight is 758 g/mol. The number of benzene rings is 7. The van der Waals surface area contributed by atoms with Crippen molar-refractivity contribution in [3.63, 3.8) is 0 Å². The van der Waals surface area contributed by atoms with Gasteiger partial charge in [-0.15, -0.1) is 0 Å². The lowest BCUT2D eigenvalue weighted by atomic mass is 9.35. The summed E-state index contributed by atoms with van der Waals surface area (Å²) in [6.45, 7) is -0.104. The Morgan fingerprint density at radius 2 is 1.10 bits per heavy atom. The molecule has 59 heavy (non-hydrogen) atoms. The predicted octanol–water partition coefficient (Wildman–Crippen LogP) is 12.1. The van der Waals surface area contributed by atoms with E-state index in [0.29, 0.717) is 5.41 Å². The molecule has 0 unspecified atom stereocenters. The SMILES string of the molecule is c1ccc(N2c3cccc4c3B(c3ccc5c6cccc7c8ccccc8n(c5c3N4c3ccccc3)c76)c3oc4ccc(C56CC7CC(CC(C7)C5)C6)cc4c32)cc1. The zero-order valence-electron chi connectivity index (χ0n) is 32.7. The van der Waals surface area contributed by atoms with Gasteiger partial charge in [-0.2, -0.15) is 0 Å². The zero-order valence-corrected chi connectivity index (χ0v) is 32.7. The molecule has 2 aliphatic heterocycles. The monoisotopic (exact) mass is 757 g/mol. The highest BCUT2D eigenvalue weighted by Gasteiger charge is 2.52. The third-order valence-electron chi connectivity index (χ3n) is 15.6. The van der Waals surface area contributed by atoms with Crippen molar-refractivity contribution in [2.75, 3.05) is 9.80 Å². The summed E-state index contributed by atoms with van der Waals surface area (Å²) < 4.78 is 9.96. The Morgan fingerprint density at radius 3 is 1.81 bits per heavy atom. The van der Waals surface area contributed by atoms with Gasteiger partial charge < -0.3 is 18.6 Å². The number of anilines is 6. The quantitative estimate of drug-likeness (QED) is 0.168. The van der Waals surface area contributed by atoms with E-state index in [2.05, 4.69) is 166 Å². The number of furan rings is 1. The van der Waals surface area contributed by atoms with E-state index < -0.39 is 0 Å². The summed E-state index contributed by atoms with van der Waals surface area (Å²) in [5.74, 6) is 2.66. The molecule has 16 rings (SSSR count). The molecule has 0 radical (unpaired) electrons. The second-order valence-corrected chi connectivity index (χ2v) is 18.7. The minimum absolute atomic E-state index is 0.104. The van der Waals surface area contributed by atoms with Gasteiger partial charge in [0.05, 0.1) is 33.6 Å². The standard InChI is InChI=1S/C54H40BN3O/c1-3-11-36(12-4-1)56-45-19-10-20-46-48(45)55(53-51(56)42-28-35(21-24-47(42)59-53)54-29-32-25-33(30-54)27-34(26-32)31-54)43-23-22-41-40-17-9-16-39-38-15-7-8-18-44(38)58(49(39)40)50(41)52(43)57(46)37-13-5-2-6-14-37/h1-24,28,32-34H,25-27,29-31H2. The first-order valence-electron chi connectivity index (χ1n) is 21.8. The van der Waals surface area contributed by atoms with Crippen molar-refractivity contribution in [3.8, 4) is 0 Å². The zero-order chi connectivity index (χ0) is 38.1. The molecule has 0 atom stereocenters. The highest BCUT2D eigenvalue weighted by Crippen LogP contribution is 2.61. The molecule has 5 heterocycles. The number of fused-ring (bicyclic) bond motifs is 13. The molecule has 0 saturated heterocycles. The van der Waals surface area contributed by atoms with E-state index in [4.69, 9.17) is 4.42 Å². The maximum atomic E-state index is 7.39. The Labute approximate surface area is 342 Å². The Balaban J connectivity index is 1.07. The van der Waals surface area contributed by atoms with Crippen LogP contribution in [0.15, 0.2) is 156 Å². The smallest absolute Gasteiger partial charge is 0.297 e. The molecule has 3 aromatic heterocycles. The van der Waals surface area contributed by atoms with Gasteiger partial charge in [0.2, 0.25) is 0 Å². The first-order valence-corrected chi connectivity index (χ1v) is 21.8. The fourth-order valence-corrected chi connectivity index (χ4v) is 13.9. The van der Waals surface area contributed by atoms with Gasteiger partial charge in [-0.25, -0.2) is 0 Å². The topological polar surface area (TPSA) is 24.0 Å². The Bertz CT molecular complexity index is 3360. The number of hydrogen-bond acceptors (Lipinski definition) is 3. The maximum absolute atomic E-state index is 7.39. The van der Waals surface area contributed by atoms with Crippen molar-refractivity contribution in [1.29, 1.82) is 0 Å². The van der Waals surface area contributed by atoms with Crippen LogP contribution in [0, 0.1) is 17.8 Å². The third kappa shape index (κ3) is 3.92. The van der Waals surface area contributed by atoms with Crippen LogP contribution in [-0.4, -0.2) is 11.1 Å². The van der Waals surface area contributed by atoms with Crippen LogP contribution in [0.4, 0.5) is 34.1 Å². The summed E-state index contributed by atoms with van der Waals surface area (Å²) in [6.07, 6.45) is 8.38. The van der Waals surface area contributed by atoms with Gasteiger partial charge in [0, 0.05) is 49.7 Å². The molecule has 4 saturated carbocycles. The predicted molar refractivity (Wildman–Crippen MR) is 245 cm³/mol. The molecule has 6 aliphatic rings. The minimum atomic E-state index is -0.104. The lowest BCUT2D eigenvalue weighted by molar-refractivity contribution is -0.00513. The maximum Gasteiger partial charge on any atom is 0.297 e. The first-order chi connectivity index (χ1) is 29.2. The van der Waals surface area contributed by atoms with Crippen molar-refractivity contribution < 1.29 is 4.42 Å². The van der Waals surface area contributed by atoms with Gasteiger partial charge in [-0.05, 0) is 133 Å². The van der Waals surface area contributed by atoms with E-state index in [9.17, 15) is 0 Å². The van der Waals surface area contributed by atoms with Gasteiger partial charge in [0.25, 0.3) is 6.71 Å². The fourth-order valence-electron chi connectivity index (χ4n) is 13.9. The molecule has 0 spiro atoms. The highest BCUT2D eigenvalue weighted by atomic mass is 16.3. The molecule has 4 bridgehead atoms. The summed E-state index contributed by atoms with van der Waals surface area (Å²) in [5, 5.41) is 6.42. The van der Waals surface area contributed by atoms with E-state index >= 15 is 0 Å². The van der Waals surface area contributed by atoms with Gasteiger partial charge in [0.1, 0.15) is 5.58 Å². The van der Waals surface area contributed by atoms with Crippen LogP contribution >= 0.6 is 0 Å². The van der Waals surface area contributed by atoms with Crippen LogP contribution in [-0.2, 0) is 5.41 Å². The van der Waals surface area contributed by atoms with Gasteiger partial charge in [-0.1, -0.05) is 97.1 Å². The molecule has 0 N–H and O–H groups in total. The molecule has 4 nitrogen and oxygen atoms in total. The largest absolute Gasteiger partial charge is 0.468 e. The normalized spacial score (nSPS) is 22.6. The van der Waals surface area contributed by atoms with Crippen LogP contribution in [0.5, 0.6) is 0 Å². The van der Waals surface area contributed by atoms with E-state index in [1.54, 1.807) is 5.56 Å². The average Bonchev–Trinajstić information content (AvgIpc) is 3.94. The van der Waals surface area contributed by atoms with E-state index in [0.717, 1.165) is 40.4 Å². The number of nitrogens with zero attached hydrogens (tertiary/aromatic N) is 3. The van der Waals surface area contributed by atoms with E-state index in [1.807, 2.05) is 0 Å². The van der Waals surface area contributed by atoms with Crippen molar-refractivity contribution in [2.45, 2.75) is 43.9 Å². The molecule has 10 aromatic rings.